The molecule has 3 aromatic carbocycles. The average Bonchev–Trinajstić information content (AvgIpc) is 2.93. The van der Waals surface area contributed by atoms with E-state index in [4.69, 9.17) is 23.7 Å². The lowest BCUT2D eigenvalue weighted by atomic mass is 9.92. The number of hydrogen-bond donors (Lipinski definition) is 4. The number of carbonyl (C=O) groups is 1. The van der Waals surface area contributed by atoms with Crippen molar-refractivity contribution in [2.24, 2.45) is 0 Å². The Morgan fingerprint density at radius 3 is 2.33 bits per heavy atom. The highest BCUT2D eigenvalue weighted by atomic mass is 16.6. The van der Waals surface area contributed by atoms with Crippen LogP contribution in [0.3, 0.4) is 0 Å². The number of benzene rings is 3. The molecule has 11 nitrogen and oxygen atoms in total. The second-order valence-corrected chi connectivity index (χ2v) is 9.83. The third-order valence-corrected chi connectivity index (χ3v) is 6.80. The van der Waals surface area contributed by atoms with Crippen molar-refractivity contribution in [3.05, 3.63) is 65.2 Å². The van der Waals surface area contributed by atoms with E-state index in [0.717, 1.165) is 0 Å². The lowest BCUT2D eigenvalue weighted by molar-refractivity contribution is -0.0130. The third kappa shape index (κ3) is 5.18. The molecule has 5 rings (SSSR count). The van der Waals surface area contributed by atoms with Crippen LogP contribution in [0.2, 0.25) is 0 Å². The van der Waals surface area contributed by atoms with Gasteiger partial charge in [-0.05, 0) is 43.9 Å². The van der Waals surface area contributed by atoms with Gasteiger partial charge in [-0.1, -0.05) is 12.1 Å². The predicted octanol–water partition coefficient (Wildman–Crippen LogP) is 2.60. The van der Waals surface area contributed by atoms with Crippen molar-refractivity contribution in [3.8, 4) is 40.2 Å². The number of Topliss-reactive ketones (excluding diaryl/α,β-unsaturated/α-hetero) is 1. The molecule has 11 heteroatoms. The van der Waals surface area contributed by atoms with E-state index in [-0.39, 0.29) is 35.2 Å². The van der Waals surface area contributed by atoms with Crippen molar-refractivity contribution in [2.45, 2.75) is 24.4 Å². The normalized spacial score (nSPS) is 21.5. The van der Waals surface area contributed by atoms with Gasteiger partial charge >= 0.3 is 0 Å². The highest BCUT2D eigenvalue weighted by molar-refractivity contribution is 6.05. The zero-order valence-electron chi connectivity index (χ0n) is 22.2. The number of methoxy groups -OCH3 is 1. The van der Waals surface area contributed by atoms with Gasteiger partial charge in [0.2, 0.25) is 5.78 Å². The maximum absolute atomic E-state index is 13.1. The van der Waals surface area contributed by atoms with Gasteiger partial charge in [-0.15, -0.1) is 0 Å². The molecular weight excluding hydrogens is 522 g/mol. The number of ketones is 1. The molecule has 4 N–H and O–H groups in total. The van der Waals surface area contributed by atoms with E-state index in [9.17, 15) is 25.2 Å². The summed E-state index contributed by atoms with van der Waals surface area (Å²) in [6.45, 7) is 0.661. The molecule has 0 saturated heterocycles. The molecule has 40 heavy (non-hydrogen) atoms. The Bertz CT molecular complexity index is 1410. The molecule has 2 aliphatic rings. The molecule has 4 unspecified atom stereocenters. The van der Waals surface area contributed by atoms with Gasteiger partial charge in [0.25, 0.3) is 0 Å². The predicted molar refractivity (Wildman–Crippen MR) is 142 cm³/mol. The molecule has 0 radical (unpaired) electrons. The van der Waals surface area contributed by atoms with Gasteiger partial charge in [0.15, 0.2) is 47.4 Å². The Morgan fingerprint density at radius 2 is 1.60 bits per heavy atom. The summed E-state index contributed by atoms with van der Waals surface area (Å²) in [4.78, 5) is 15.0. The number of phenolic OH excluding ortho intramolecular Hbond substituents is 2. The highest BCUT2D eigenvalue weighted by Crippen LogP contribution is 2.46. The van der Waals surface area contributed by atoms with Crippen LogP contribution in [-0.2, 0) is 0 Å². The molecule has 2 aliphatic heterocycles. The first-order valence-corrected chi connectivity index (χ1v) is 12.7. The minimum absolute atomic E-state index is 0.0445. The first kappa shape index (κ1) is 27.4. The lowest BCUT2D eigenvalue weighted by Gasteiger charge is -2.35. The molecular formula is C29H31NO10. The minimum atomic E-state index is -1.59. The molecule has 0 aliphatic carbocycles. The number of hydrogen-bond acceptors (Lipinski definition) is 11. The van der Waals surface area contributed by atoms with E-state index in [1.54, 1.807) is 30.3 Å². The fourth-order valence-corrected chi connectivity index (χ4v) is 4.70. The van der Waals surface area contributed by atoms with Gasteiger partial charge in [-0.2, -0.15) is 0 Å². The molecule has 3 aromatic rings. The van der Waals surface area contributed by atoms with Crippen LogP contribution in [0, 0.1) is 0 Å². The van der Waals surface area contributed by atoms with Crippen LogP contribution in [0.5, 0.6) is 40.2 Å². The molecule has 0 spiro atoms. The lowest BCUT2D eigenvalue weighted by Crippen LogP contribution is -2.37. The minimum Gasteiger partial charge on any atom is -0.507 e. The van der Waals surface area contributed by atoms with Crippen LogP contribution in [-0.4, -0.2) is 84.3 Å². The first-order valence-electron chi connectivity index (χ1n) is 12.7. The number of ether oxygens (including phenoxy) is 5. The Morgan fingerprint density at radius 1 is 0.875 bits per heavy atom. The Kier molecular flexibility index (Phi) is 7.61. The molecule has 212 valence electrons. The van der Waals surface area contributed by atoms with Gasteiger partial charge < -0.3 is 49.0 Å². The highest BCUT2D eigenvalue weighted by Gasteiger charge is 2.40. The molecule has 0 saturated carbocycles. The van der Waals surface area contributed by atoms with E-state index in [2.05, 4.69) is 0 Å². The van der Waals surface area contributed by atoms with Gasteiger partial charge in [-0.25, -0.2) is 0 Å². The Balaban J connectivity index is 1.44. The number of likely N-dealkylation sites (N-methyl/N-ethyl adjacent to an activating group) is 1. The topological polar surface area (TPSA) is 147 Å². The van der Waals surface area contributed by atoms with Crippen molar-refractivity contribution in [1.82, 2.24) is 4.90 Å². The van der Waals surface area contributed by atoms with Crippen molar-refractivity contribution in [1.29, 1.82) is 0 Å². The number of carbonyl (C=O) groups excluding carboxylic acids is 1. The van der Waals surface area contributed by atoms with Crippen LogP contribution >= 0.6 is 0 Å². The monoisotopic (exact) mass is 553 g/mol. The summed E-state index contributed by atoms with van der Waals surface area (Å²) in [6, 6.07) is 12.4. The zero-order chi connectivity index (χ0) is 28.6. The Hall–Kier alpha value is -4.19. The van der Waals surface area contributed by atoms with Crippen molar-refractivity contribution in [2.75, 3.05) is 41.0 Å². The number of rotatable bonds is 8. The Labute approximate surface area is 230 Å². The second kappa shape index (κ2) is 11.1. The standard InChI is InChI=1S/C29H31NO10/c1-30(2)8-9-37-17-12-19(33)25-23(13-17)40-29(27(35)26(25)34)16-5-7-20-22(11-16)39-28(24(14-31)38-20)15-4-6-18(32)21(10-15)36-3/h4-7,10-13,24,27-29,31-33,35H,8-9,14H2,1-3H3. The van der Waals surface area contributed by atoms with Gasteiger partial charge in [0.05, 0.1) is 13.7 Å². The zero-order valence-corrected chi connectivity index (χ0v) is 22.2. The quantitative estimate of drug-likeness (QED) is 0.326. The van der Waals surface area contributed by atoms with Gasteiger partial charge in [0, 0.05) is 24.2 Å². The summed E-state index contributed by atoms with van der Waals surface area (Å²) >= 11 is 0. The number of nitrogens with zero attached hydrogens (tertiary/aromatic N) is 1. The van der Waals surface area contributed by atoms with Crippen LogP contribution in [0.15, 0.2) is 48.5 Å². The van der Waals surface area contributed by atoms with E-state index < -0.39 is 30.2 Å². The SMILES string of the molecule is COc1cc(C2Oc3cc(C4Oc5cc(OCCN(C)C)cc(O)c5C(=O)C4O)ccc3OC2CO)ccc1O. The summed E-state index contributed by atoms with van der Waals surface area (Å²) in [6.07, 6.45) is -4.19. The van der Waals surface area contributed by atoms with Gasteiger partial charge in [-0.3, -0.25) is 4.79 Å². The molecule has 4 atom stereocenters. The van der Waals surface area contributed by atoms with Crippen molar-refractivity contribution < 1.29 is 48.9 Å². The maximum Gasteiger partial charge on any atom is 0.202 e. The summed E-state index contributed by atoms with van der Waals surface area (Å²) in [5.74, 6) is 0.235. The number of aliphatic hydroxyl groups is 2. The smallest absolute Gasteiger partial charge is 0.202 e. The number of fused-ring (bicyclic) bond motifs is 2. The van der Waals surface area contributed by atoms with Crippen LogP contribution in [0.4, 0.5) is 0 Å². The van der Waals surface area contributed by atoms with Crippen LogP contribution in [0.1, 0.15) is 33.7 Å². The van der Waals surface area contributed by atoms with E-state index >= 15 is 0 Å². The van der Waals surface area contributed by atoms with Gasteiger partial charge in [0.1, 0.15) is 29.4 Å². The van der Waals surface area contributed by atoms with E-state index in [1.165, 1.54) is 25.3 Å². The third-order valence-electron chi connectivity index (χ3n) is 6.80. The maximum atomic E-state index is 13.1. The fourth-order valence-electron chi connectivity index (χ4n) is 4.70. The van der Waals surface area contributed by atoms with Crippen molar-refractivity contribution in [3.63, 3.8) is 0 Å². The number of aromatic hydroxyl groups is 2. The fraction of sp³-hybridized carbons (Fsp3) is 0.345. The van der Waals surface area contributed by atoms with E-state index in [1.807, 2.05) is 19.0 Å². The average molecular weight is 554 g/mol. The summed E-state index contributed by atoms with van der Waals surface area (Å²) in [5.41, 5.74) is 0.908. The number of aliphatic hydroxyl groups excluding tert-OH is 2. The van der Waals surface area contributed by atoms with E-state index in [0.29, 0.717) is 41.5 Å². The largest absolute Gasteiger partial charge is 0.507 e. The van der Waals surface area contributed by atoms with Crippen LogP contribution in [0.25, 0.3) is 0 Å². The molecule has 0 amide bonds. The molecule has 2 heterocycles. The second-order valence-electron chi connectivity index (χ2n) is 9.83. The molecule has 0 fully saturated rings. The molecule has 0 aromatic heterocycles. The summed E-state index contributed by atoms with van der Waals surface area (Å²) in [7, 11) is 5.24. The number of phenols is 2. The van der Waals surface area contributed by atoms with Crippen molar-refractivity contribution >= 4 is 5.78 Å². The molecule has 0 bridgehead atoms. The summed E-state index contributed by atoms with van der Waals surface area (Å²) < 4.78 is 29.1. The van der Waals surface area contributed by atoms with Crippen LogP contribution < -0.4 is 23.7 Å². The first-order chi connectivity index (χ1) is 19.2. The summed E-state index contributed by atoms with van der Waals surface area (Å²) in [5, 5.41) is 41.3.